The zero-order valence-corrected chi connectivity index (χ0v) is 15.1. The first-order chi connectivity index (χ1) is 10.2. The molecule has 21 heavy (non-hydrogen) atoms. The van der Waals surface area contributed by atoms with E-state index in [-0.39, 0.29) is 6.10 Å². The third-order valence-electron chi connectivity index (χ3n) is 4.09. The molecule has 1 nitrogen and oxygen atoms in total. The third kappa shape index (κ3) is 9.31. The van der Waals surface area contributed by atoms with Crippen molar-refractivity contribution in [3.8, 4) is 0 Å². The zero-order valence-electron chi connectivity index (χ0n) is 13.5. The van der Waals surface area contributed by atoms with Gasteiger partial charge >= 0.3 is 0 Å². The third-order valence-corrected chi connectivity index (χ3v) is 4.61. The van der Waals surface area contributed by atoms with Gasteiger partial charge in [-0.2, -0.15) is 0 Å². The number of aliphatic hydroxyl groups excluding tert-OH is 1. The molecule has 0 heterocycles. The number of hydrogen-bond acceptors (Lipinski definition) is 1. The van der Waals surface area contributed by atoms with E-state index < -0.39 is 0 Å². The van der Waals surface area contributed by atoms with Crippen molar-refractivity contribution in [3.05, 3.63) is 34.3 Å². The molecule has 0 radical (unpaired) electrons. The highest BCUT2D eigenvalue weighted by Crippen LogP contribution is 2.22. The molecule has 0 aliphatic heterocycles. The molecule has 1 aromatic carbocycles. The average Bonchev–Trinajstić information content (AvgIpc) is 2.49. The number of aliphatic hydroxyl groups is 1. The van der Waals surface area contributed by atoms with Gasteiger partial charge < -0.3 is 5.11 Å². The maximum absolute atomic E-state index is 10.1. The molecule has 0 aliphatic carbocycles. The monoisotopic (exact) mass is 354 g/mol. The molecule has 1 rings (SSSR count). The van der Waals surface area contributed by atoms with Gasteiger partial charge in [0.25, 0.3) is 0 Å². The highest BCUT2D eigenvalue weighted by atomic mass is 79.9. The first-order valence-corrected chi connectivity index (χ1v) is 9.47. The highest BCUT2D eigenvalue weighted by Gasteiger charge is 2.06. The van der Waals surface area contributed by atoms with E-state index in [9.17, 15) is 5.11 Å². The van der Waals surface area contributed by atoms with E-state index in [1.54, 1.807) is 0 Å². The van der Waals surface area contributed by atoms with Crippen LogP contribution in [0.15, 0.2) is 28.7 Å². The van der Waals surface area contributed by atoms with Gasteiger partial charge in [-0.3, -0.25) is 0 Å². The van der Waals surface area contributed by atoms with E-state index in [2.05, 4.69) is 22.9 Å². The van der Waals surface area contributed by atoms with Crippen LogP contribution in [-0.2, 0) is 0 Å². The molecular formula is C19H31BrO. The summed E-state index contributed by atoms with van der Waals surface area (Å²) >= 11 is 3.42. The molecule has 0 saturated heterocycles. The molecule has 0 aromatic heterocycles. The van der Waals surface area contributed by atoms with Crippen LogP contribution in [0.1, 0.15) is 89.2 Å². The van der Waals surface area contributed by atoms with Gasteiger partial charge in [-0.05, 0) is 24.1 Å². The zero-order chi connectivity index (χ0) is 15.3. The molecular weight excluding hydrogens is 324 g/mol. The van der Waals surface area contributed by atoms with Crippen molar-refractivity contribution in [3.63, 3.8) is 0 Å². The van der Waals surface area contributed by atoms with Gasteiger partial charge in [0.15, 0.2) is 0 Å². The molecule has 0 aliphatic rings. The van der Waals surface area contributed by atoms with Crippen LogP contribution in [0.4, 0.5) is 0 Å². The van der Waals surface area contributed by atoms with E-state index >= 15 is 0 Å². The Balaban J connectivity index is 1.95. The Morgan fingerprint density at radius 2 is 1.29 bits per heavy atom. The SMILES string of the molecule is CCCCCCCCCCCCC(O)c1ccc(Br)cc1. The average molecular weight is 355 g/mol. The number of hydrogen-bond donors (Lipinski definition) is 1. The predicted octanol–water partition coefficient (Wildman–Crippen LogP) is 6.79. The lowest BCUT2D eigenvalue weighted by molar-refractivity contribution is 0.163. The van der Waals surface area contributed by atoms with E-state index in [4.69, 9.17) is 0 Å². The lowest BCUT2D eigenvalue weighted by Gasteiger charge is -2.10. The maximum atomic E-state index is 10.1. The number of rotatable bonds is 12. The number of unbranched alkanes of at least 4 members (excludes halogenated alkanes) is 9. The van der Waals surface area contributed by atoms with Crippen LogP contribution in [0.2, 0.25) is 0 Å². The van der Waals surface area contributed by atoms with Gasteiger partial charge in [-0.15, -0.1) is 0 Å². The molecule has 1 aromatic rings. The van der Waals surface area contributed by atoms with E-state index in [1.807, 2.05) is 24.3 Å². The second-order valence-corrected chi connectivity index (χ2v) is 6.95. The molecule has 2 heteroatoms. The summed E-state index contributed by atoms with van der Waals surface area (Å²) in [4.78, 5) is 0. The van der Waals surface area contributed by atoms with Gasteiger partial charge in [0.1, 0.15) is 0 Å². The van der Waals surface area contributed by atoms with Crippen LogP contribution in [0, 0.1) is 0 Å². The fourth-order valence-corrected chi connectivity index (χ4v) is 2.94. The maximum Gasteiger partial charge on any atom is 0.0790 e. The molecule has 0 spiro atoms. The summed E-state index contributed by atoms with van der Waals surface area (Å²) in [5.74, 6) is 0. The van der Waals surface area contributed by atoms with Crippen LogP contribution in [-0.4, -0.2) is 5.11 Å². The number of benzene rings is 1. The van der Waals surface area contributed by atoms with Crippen LogP contribution in [0.25, 0.3) is 0 Å². The molecule has 0 bridgehead atoms. The van der Waals surface area contributed by atoms with Crippen molar-refractivity contribution in [2.75, 3.05) is 0 Å². The van der Waals surface area contributed by atoms with E-state index in [0.29, 0.717) is 0 Å². The van der Waals surface area contributed by atoms with Crippen LogP contribution in [0.5, 0.6) is 0 Å². The van der Waals surface area contributed by atoms with Crippen molar-refractivity contribution in [2.45, 2.75) is 83.7 Å². The molecule has 0 amide bonds. The fourth-order valence-electron chi connectivity index (χ4n) is 2.68. The van der Waals surface area contributed by atoms with Gasteiger partial charge in [0, 0.05) is 4.47 Å². The van der Waals surface area contributed by atoms with Gasteiger partial charge in [0.2, 0.25) is 0 Å². The largest absolute Gasteiger partial charge is 0.388 e. The minimum atomic E-state index is -0.299. The lowest BCUT2D eigenvalue weighted by Crippen LogP contribution is -1.97. The molecule has 1 atom stereocenters. The van der Waals surface area contributed by atoms with Crippen molar-refractivity contribution < 1.29 is 5.11 Å². The minimum Gasteiger partial charge on any atom is -0.388 e. The van der Waals surface area contributed by atoms with E-state index in [1.165, 1.54) is 57.8 Å². The van der Waals surface area contributed by atoms with Crippen molar-refractivity contribution in [2.24, 2.45) is 0 Å². The Morgan fingerprint density at radius 1 is 0.810 bits per heavy atom. The van der Waals surface area contributed by atoms with E-state index in [0.717, 1.165) is 22.9 Å². The summed E-state index contributed by atoms with van der Waals surface area (Å²) in [6.07, 6.45) is 14.0. The van der Waals surface area contributed by atoms with Gasteiger partial charge in [0.05, 0.1) is 6.10 Å². The Hall–Kier alpha value is -0.340. The summed E-state index contributed by atoms with van der Waals surface area (Å²) in [5, 5.41) is 10.1. The Kier molecular flexibility index (Phi) is 10.9. The predicted molar refractivity (Wildman–Crippen MR) is 95.6 cm³/mol. The second kappa shape index (κ2) is 12.2. The molecule has 120 valence electrons. The van der Waals surface area contributed by atoms with Gasteiger partial charge in [-0.25, -0.2) is 0 Å². The quantitative estimate of drug-likeness (QED) is 0.409. The Labute approximate surface area is 139 Å². The first-order valence-electron chi connectivity index (χ1n) is 8.67. The lowest BCUT2D eigenvalue weighted by atomic mass is 10.0. The fraction of sp³-hybridized carbons (Fsp3) is 0.684. The minimum absolute atomic E-state index is 0.299. The highest BCUT2D eigenvalue weighted by molar-refractivity contribution is 9.10. The molecule has 0 fully saturated rings. The summed E-state index contributed by atoms with van der Waals surface area (Å²) in [5.41, 5.74) is 1.04. The summed E-state index contributed by atoms with van der Waals surface area (Å²) in [6, 6.07) is 8.00. The van der Waals surface area contributed by atoms with Crippen LogP contribution < -0.4 is 0 Å². The Bertz CT molecular complexity index is 347. The summed E-state index contributed by atoms with van der Waals surface area (Å²) in [6.45, 7) is 2.27. The van der Waals surface area contributed by atoms with Crippen molar-refractivity contribution in [1.82, 2.24) is 0 Å². The molecule has 0 saturated carbocycles. The van der Waals surface area contributed by atoms with Crippen molar-refractivity contribution in [1.29, 1.82) is 0 Å². The molecule has 1 unspecified atom stereocenters. The number of halogens is 1. The summed E-state index contributed by atoms with van der Waals surface area (Å²) in [7, 11) is 0. The normalized spacial score (nSPS) is 12.5. The Morgan fingerprint density at radius 3 is 1.81 bits per heavy atom. The summed E-state index contributed by atoms with van der Waals surface area (Å²) < 4.78 is 1.07. The van der Waals surface area contributed by atoms with Gasteiger partial charge in [-0.1, -0.05) is 99.2 Å². The smallest absolute Gasteiger partial charge is 0.0790 e. The first kappa shape index (κ1) is 18.7. The standard InChI is InChI=1S/C19H31BrO/c1-2-3-4-5-6-7-8-9-10-11-12-19(21)17-13-15-18(20)16-14-17/h13-16,19,21H,2-12H2,1H3. The molecule has 1 N–H and O–H groups in total. The van der Waals surface area contributed by atoms with Crippen molar-refractivity contribution >= 4 is 15.9 Å². The second-order valence-electron chi connectivity index (χ2n) is 6.04. The topological polar surface area (TPSA) is 20.2 Å². The van der Waals surface area contributed by atoms with Crippen LogP contribution >= 0.6 is 15.9 Å². The van der Waals surface area contributed by atoms with Crippen LogP contribution in [0.3, 0.4) is 0 Å².